The summed E-state index contributed by atoms with van der Waals surface area (Å²) in [5, 5.41) is 5.90. The van der Waals surface area contributed by atoms with E-state index in [4.69, 9.17) is 4.99 Å². The minimum Gasteiger partial charge on any atom is -0.314 e. The highest BCUT2D eigenvalue weighted by atomic mass is 32.1. The average molecular weight is 496 g/mol. The Hall–Kier alpha value is -3.74. The van der Waals surface area contributed by atoms with Gasteiger partial charge >= 0.3 is 0 Å². The molecule has 0 aliphatic carbocycles. The standard InChI is InChI=1S/C29H25N3OS2/c1-21-14-16-23(17-15-21)26-28(31-27(33)25-13-8-20-34-25)35-29(30-24-11-6-3-7-12-24)32(26)19-18-22-9-4-2-5-10-22/h2-17,20H,18-19H2,1H3,(H,31,33). The Morgan fingerprint density at radius 1 is 0.886 bits per heavy atom. The fourth-order valence-electron chi connectivity index (χ4n) is 3.86. The molecule has 0 fully saturated rings. The van der Waals surface area contributed by atoms with Crippen molar-refractivity contribution >= 4 is 39.3 Å². The molecule has 2 aromatic heterocycles. The summed E-state index contributed by atoms with van der Waals surface area (Å²) in [5.41, 5.74) is 5.37. The molecule has 35 heavy (non-hydrogen) atoms. The number of amides is 1. The van der Waals surface area contributed by atoms with Gasteiger partial charge in [0.15, 0.2) is 4.80 Å². The summed E-state index contributed by atoms with van der Waals surface area (Å²) in [6.45, 7) is 2.82. The number of thiazole rings is 1. The zero-order valence-corrected chi connectivity index (χ0v) is 21.0. The first-order valence-corrected chi connectivity index (χ1v) is 13.2. The maximum absolute atomic E-state index is 13.0. The van der Waals surface area contributed by atoms with Crippen LogP contribution in [-0.4, -0.2) is 10.5 Å². The summed E-state index contributed by atoms with van der Waals surface area (Å²) in [4.78, 5) is 19.6. The fourth-order valence-corrected chi connectivity index (χ4v) is 5.57. The molecule has 5 aromatic rings. The number of aryl methyl sites for hydroxylation is 2. The number of nitrogens with zero attached hydrogens (tertiary/aromatic N) is 2. The molecule has 0 radical (unpaired) electrons. The number of para-hydroxylation sites is 1. The molecule has 0 bridgehead atoms. The normalized spacial score (nSPS) is 11.5. The van der Waals surface area contributed by atoms with Crippen molar-refractivity contribution in [3.63, 3.8) is 0 Å². The van der Waals surface area contributed by atoms with Gasteiger partial charge in [0, 0.05) is 12.1 Å². The minimum absolute atomic E-state index is 0.101. The van der Waals surface area contributed by atoms with Crippen LogP contribution in [0.1, 0.15) is 20.8 Å². The van der Waals surface area contributed by atoms with Crippen LogP contribution >= 0.6 is 22.7 Å². The van der Waals surface area contributed by atoms with Crippen molar-refractivity contribution in [3.05, 3.63) is 123 Å². The van der Waals surface area contributed by atoms with Gasteiger partial charge in [-0.1, -0.05) is 95.8 Å². The molecule has 0 spiro atoms. The smallest absolute Gasteiger partial charge is 0.266 e. The van der Waals surface area contributed by atoms with Crippen LogP contribution in [0, 0.1) is 6.92 Å². The van der Waals surface area contributed by atoms with E-state index in [0.29, 0.717) is 4.88 Å². The molecule has 0 aliphatic rings. The zero-order valence-electron chi connectivity index (χ0n) is 19.3. The SMILES string of the molecule is Cc1ccc(-c2c(NC(=O)c3cccs3)sc(=Nc3ccccc3)n2CCc2ccccc2)cc1. The number of nitrogens with one attached hydrogen (secondary N) is 1. The minimum atomic E-state index is -0.101. The molecular weight excluding hydrogens is 470 g/mol. The van der Waals surface area contributed by atoms with Crippen molar-refractivity contribution in [1.29, 1.82) is 0 Å². The van der Waals surface area contributed by atoms with Crippen molar-refractivity contribution < 1.29 is 4.79 Å². The first-order valence-electron chi connectivity index (χ1n) is 11.5. The third-order valence-electron chi connectivity index (χ3n) is 5.65. The average Bonchev–Trinajstić information content (AvgIpc) is 3.53. The third-order valence-corrected chi connectivity index (χ3v) is 7.52. The highest BCUT2D eigenvalue weighted by Crippen LogP contribution is 2.32. The van der Waals surface area contributed by atoms with Crippen LogP contribution in [0.3, 0.4) is 0 Å². The Morgan fingerprint density at radius 2 is 1.60 bits per heavy atom. The highest BCUT2D eigenvalue weighted by Gasteiger charge is 2.19. The summed E-state index contributed by atoms with van der Waals surface area (Å²) in [7, 11) is 0. The second-order valence-corrected chi connectivity index (χ2v) is 10.1. The number of thiophene rings is 1. The summed E-state index contributed by atoms with van der Waals surface area (Å²) < 4.78 is 2.24. The Kier molecular flexibility index (Phi) is 7.02. The first-order chi connectivity index (χ1) is 17.2. The van der Waals surface area contributed by atoms with E-state index in [1.165, 1.54) is 33.8 Å². The van der Waals surface area contributed by atoms with E-state index in [9.17, 15) is 4.79 Å². The molecule has 3 aromatic carbocycles. The lowest BCUT2D eigenvalue weighted by atomic mass is 10.1. The topological polar surface area (TPSA) is 46.4 Å². The molecule has 5 rings (SSSR count). The van der Waals surface area contributed by atoms with Gasteiger partial charge in [0.25, 0.3) is 5.91 Å². The van der Waals surface area contributed by atoms with Gasteiger partial charge in [-0.2, -0.15) is 0 Å². The highest BCUT2D eigenvalue weighted by molar-refractivity contribution is 7.14. The Morgan fingerprint density at radius 3 is 2.29 bits per heavy atom. The molecular formula is C29H25N3OS2. The summed E-state index contributed by atoms with van der Waals surface area (Å²) in [5.74, 6) is -0.101. The van der Waals surface area contributed by atoms with Gasteiger partial charge in [0.1, 0.15) is 5.00 Å². The van der Waals surface area contributed by atoms with Gasteiger partial charge < -0.3 is 9.88 Å². The van der Waals surface area contributed by atoms with E-state index in [1.54, 1.807) is 0 Å². The summed E-state index contributed by atoms with van der Waals surface area (Å²) in [6, 6.07) is 32.6. The lowest BCUT2D eigenvalue weighted by Crippen LogP contribution is -2.17. The van der Waals surface area contributed by atoms with Gasteiger partial charge in [-0.05, 0) is 42.5 Å². The molecule has 0 unspecified atom stereocenters. The molecule has 4 nitrogen and oxygen atoms in total. The molecule has 0 aliphatic heterocycles. The van der Waals surface area contributed by atoms with Crippen LogP contribution < -0.4 is 10.1 Å². The molecule has 174 valence electrons. The molecule has 1 N–H and O–H groups in total. The Bertz CT molecular complexity index is 1470. The molecule has 0 saturated heterocycles. The lowest BCUT2D eigenvalue weighted by molar-refractivity contribution is 0.103. The maximum atomic E-state index is 13.0. The third kappa shape index (κ3) is 5.50. The van der Waals surface area contributed by atoms with Crippen molar-refractivity contribution in [2.24, 2.45) is 4.99 Å². The maximum Gasteiger partial charge on any atom is 0.266 e. The molecule has 1 amide bonds. The Labute approximate surface area is 212 Å². The van der Waals surface area contributed by atoms with Crippen LogP contribution in [0.25, 0.3) is 11.3 Å². The summed E-state index contributed by atoms with van der Waals surface area (Å²) >= 11 is 2.95. The number of hydrogen-bond donors (Lipinski definition) is 1. The van der Waals surface area contributed by atoms with Crippen molar-refractivity contribution in [1.82, 2.24) is 4.57 Å². The van der Waals surface area contributed by atoms with E-state index in [-0.39, 0.29) is 5.91 Å². The van der Waals surface area contributed by atoms with Crippen LogP contribution in [0.2, 0.25) is 0 Å². The number of benzene rings is 3. The van der Waals surface area contributed by atoms with E-state index < -0.39 is 0 Å². The first kappa shape index (κ1) is 23.0. The van der Waals surface area contributed by atoms with Gasteiger partial charge in [-0.25, -0.2) is 4.99 Å². The van der Waals surface area contributed by atoms with Crippen LogP contribution in [0.5, 0.6) is 0 Å². The fraction of sp³-hybridized carbons (Fsp3) is 0.103. The van der Waals surface area contributed by atoms with Gasteiger partial charge in [0.2, 0.25) is 0 Å². The van der Waals surface area contributed by atoms with Crippen LogP contribution in [0.4, 0.5) is 10.7 Å². The second kappa shape index (κ2) is 10.7. The Balaban J connectivity index is 1.65. The predicted molar refractivity (Wildman–Crippen MR) is 147 cm³/mol. The van der Waals surface area contributed by atoms with Gasteiger partial charge in [-0.15, -0.1) is 11.3 Å². The van der Waals surface area contributed by atoms with Crippen molar-refractivity contribution in [3.8, 4) is 11.3 Å². The van der Waals surface area contributed by atoms with Crippen molar-refractivity contribution in [2.45, 2.75) is 19.9 Å². The van der Waals surface area contributed by atoms with Crippen LogP contribution in [0.15, 0.2) is 107 Å². The lowest BCUT2D eigenvalue weighted by Gasteiger charge is -2.12. The van der Waals surface area contributed by atoms with Crippen LogP contribution in [-0.2, 0) is 13.0 Å². The monoisotopic (exact) mass is 495 g/mol. The second-order valence-electron chi connectivity index (χ2n) is 8.19. The largest absolute Gasteiger partial charge is 0.314 e. The number of carbonyl (C=O) groups excluding carboxylic acids is 1. The molecule has 0 saturated carbocycles. The zero-order chi connectivity index (χ0) is 24.0. The quantitative estimate of drug-likeness (QED) is 0.253. The van der Waals surface area contributed by atoms with Crippen molar-refractivity contribution in [2.75, 3.05) is 5.32 Å². The number of rotatable bonds is 7. The van der Waals surface area contributed by atoms with E-state index in [0.717, 1.165) is 39.7 Å². The number of aromatic nitrogens is 1. The number of carbonyl (C=O) groups is 1. The van der Waals surface area contributed by atoms with E-state index in [1.807, 2.05) is 53.9 Å². The molecule has 0 atom stereocenters. The number of anilines is 1. The van der Waals surface area contributed by atoms with Gasteiger partial charge in [-0.3, -0.25) is 4.79 Å². The summed E-state index contributed by atoms with van der Waals surface area (Å²) in [6.07, 6.45) is 0.858. The van der Waals surface area contributed by atoms with Gasteiger partial charge in [0.05, 0.1) is 16.3 Å². The van der Waals surface area contributed by atoms with E-state index in [2.05, 4.69) is 65.3 Å². The van der Waals surface area contributed by atoms with E-state index >= 15 is 0 Å². The number of hydrogen-bond acceptors (Lipinski definition) is 4. The molecule has 6 heteroatoms. The molecule has 2 heterocycles. The predicted octanol–water partition coefficient (Wildman–Crippen LogP) is 7.31.